The van der Waals surface area contributed by atoms with Crippen molar-refractivity contribution in [2.75, 3.05) is 0 Å². The molecule has 4 N–H and O–H groups in total. The van der Waals surface area contributed by atoms with Crippen LogP contribution >= 0.6 is 23.5 Å². The van der Waals surface area contributed by atoms with Crippen molar-refractivity contribution in [2.45, 2.75) is 145 Å². The van der Waals surface area contributed by atoms with Crippen molar-refractivity contribution in [1.82, 2.24) is 20.7 Å². The molecule has 1 heterocycles. The van der Waals surface area contributed by atoms with Gasteiger partial charge >= 0.3 is 6.09 Å². The molecule has 0 bridgehead atoms. The number of ketones is 1. The average molecular weight is 715 g/mol. The maximum Gasteiger partial charge on any atom is 0.417 e. The van der Waals surface area contributed by atoms with E-state index in [0.29, 0.717) is 23.8 Å². The van der Waals surface area contributed by atoms with Crippen LogP contribution in [-0.4, -0.2) is 58.6 Å². The van der Waals surface area contributed by atoms with E-state index in [0.717, 1.165) is 107 Å². The Kier molecular flexibility index (Phi) is 12.1. The number of nitrogens with one attached hydrogen (secondary N) is 4. The van der Waals surface area contributed by atoms with Gasteiger partial charge in [0.15, 0.2) is 0 Å². The summed E-state index contributed by atoms with van der Waals surface area (Å²) in [7, 11) is 0. The Labute approximate surface area is 298 Å². The SMILES string of the molecule is O=C(NS[C@@H](CC1CCCCC1)C(=O)NC(CC1CC2(CCCC2)NC1=O)C(=O)C(=O)NC1CC1)OC1CCCC1Cc1cccc(Cl)c1. The lowest BCUT2D eigenvalue weighted by atomic mass is 9.85. The number of ether oxygens (including phenoxy) is 1. The number of hydrogen-bond donors (Lipinski definition) is 4. The predicted molar refractivity (Wildman–Crippen MR) is 189 cm³/mol. The van der Waals surface area contributed by atoms with Crippen LogP contribution < -0.4 is 20.7 Å². The van der Waals surface area contributed by atoms with Crippen LogP contribution in [-0.2, 0) is 30.3 Å². The summed E-state index contributed by atoms with van der Waals surface area (Å²) in [6, 6.07) is 6.60. The highest BCUT2D eigenvalue weighted by atomic mass is 35.5. The summed E-state index contributed by atoms with van der Waals surface area (Å²) in [6.45, 7) is 0. The van der Waals surface area contributed by atoms with E-state index in [1.807, 2.05) is 24.3 Å². The van der Waals surface area contributed by atoms with Crippen LogP contribution in [0.25, 0.3) is 0 Å². The van der Waals surface area contributed by atoms with Gasteiger partial charge in [0.25, 0.3) is 5.91 Å². The number of rotatable bonds is 14. The second-order valence-electron chi connectivity index (χ2n) is 15.2. The Hall–Kier alpha value is -2.79. The fourth-order valence-electron chi connectivity index (χ4n) is 8.55. The lowest BCUT2D eigenvalue weighted by Crippen LogP contribution is -2.51. The number of benzene rings is 1. The Bertz CT molecular complexity index is 1380. The standard InChI is InChI=1S/C37H51ClN4O6S/c38-27-12-6-10-24(19-27)18-25-11-7-13-30(25)48-36(47)42-49-31(20-23-8-2-1-3-9-23)34(45)40-29(32(43)35(46)39-28-14-15-28)21-26-22-37(41-33(26)44)16-4-5-17-37/h6,10,12,19,23,25-26,28-31H,1-5,7-9,11,13-18,20-22H2,(H,39,46)(H,40,45)(H,41,44)(H,42,47)/t25?,26?,29?,30?,31-/m0/s1. The number of carbonyl (C=O) groups excluding carboxylic acids is 5. The first-order chi connectivity index (χ1) is 23.7. The minimum Gasteiger partial charge on any atom is -0.445 e. The summed E-state index contributed by atoms with van der Waals surface area (Å²) in [6.07, 6.45) is 14.8. The number of halogens is 1. The summed E-state index contributed by atoms with van der Waals surface area (Å²) in [4.78, 5) is 66.7. The van der Waals surface area contributed by atoms with Gasteiger partial charge in [-0.3, -0.25) is 23.9 Å². The molecule has 1 aromatic carbocycles. The summed E-state index contributed by atoms with van der Waals surface area (Å²) >= 11 is 7.21. The molecule has 1 spiro atoms. The average Bonchev–Trinajstić information content (AvgIpc) is 3.45. The lowest BCUT2D eigenvalue weighted by molar-refractivity contribution is -0.140. The second kappa shape index (κ2) is 16.5. The molecule has 5 atom stereocenters. The maximum absolute atomic E-state index is 14.0. The highest BCUT2D eigenvalue weighted by Gasteiger charge is 2.47. The molecular formula is C37H51ClN4O6S. The summed E-state index contributed by atoms with van der Waals surface area (Å²) < 4.78 is 8.69. The molecule has 5 fully saturated rings. The van der Waals surface area contributed by atoms with Crippen LogP contribution in [0.4, 0.5) is 4.79 Å². The zero-order valence-electron chi connectivity index (χ0n) is 28.3. The van der Waals surface area contributed by atoms with Crippen LogP contribution in [0.15, 0.2) is 24.3 Å². The van der Waals surface area contributed by atoms with Crippen molar-refractivity contribution in [3.05, 3.63) is 34.9 Å². The van der Waals surface area contributed by atoms with Crippen molar-refractivity contribution in [3.8, 4) is 0 Å². The van der Waals surface area contributed by atoms with Crippen LogP contribution in [0.2, 0.25) is 5.02 Å². The summed E-state index contributed by atoms with van der Waals surface area (Å²) in [5.41, 5.74) is 0.863. The van der Waals surface area contributed by atoms with Gasteiger partial charge in [-0.15, -0.1) is 0 Å². The number of Topliss-reactive ketones (excluding diaryl/α,β-unsaturated/α-hetero) is 1. The Morgan fingerprint density at radius 1 is 0.959 bits per heavy atom. The zero-order valence-corrected chi connectivity index (χ0v) is 29.9. The predicted octanol–water partition coefficient (Wildman–Crippen LogP) is 5.94. The Morgan fingerprint density at radius 3 is 2.47 bits per heavy atom. The van der Waals surface area contributed by atoms with Gasteiger partial charge in [0, 0.05) is 28.4 Å². The Morgan fingerprint density at radius 2 is 1.73 bits per heavy atom. The number of carbonyl (C=O) groups is 5. The smallest absolute Gasteiger partial charge is 0.417 e. The molecule has 1 aliphatic heterocycles. The molecule has 1 saturated heterocycles. The van der Waals surface area contributed by atoms with Gasteiger partial charge in [-0.25, -0.2) is 4.79 Å². The molecule has 1 aromatic rings. The lowest BCUT2D eigenvalue weighted by Gasteiger charge is -2.28. The van der Waals surface area contributed by atoms with Gasteiger partial charge in [0.2, 0.25) is 17.6 Å². The highest BCUT2D eigenvalue weighted by Crippen LogP contribution is 2.41. The second-order valence-corrected chi connectivity index (χ2v) is 16.6. The number of hydrogen-bond acceptors (Lipinski definition) is 7. The largest absolute Gasteiger partial charge is 0.445 e. The molecule has 4 saturated carbocycles. The maximum atomic E-state index is 14.0. The van der Waals surface area contributed by atoms with Gasteiger partial charge in [0.05, 0.1) is 6.04 Å². The van der Waals surface area contributed by atoms with E-state index in [9.17, 15) is 24.0 Å². The normalized spacial score (nSPS) is 26.1. The van der Waals surface area contributed by atoms with E-state index >= 15 is 0 Å². The van der Waals surface area contributed by atoms with E-state index < -0.39 is 40.9 Å². The summed E-state index contributed by atoms with van der Waals surface area (Å²) in [5, 5.41) is 8.81. The molecule has 4 amide bonds. The molecule has 12 heteroatoms. The minimum atomic E-state index is -1.13. The van der Waals surface area contributed by atoms with Gasteiger partial charge in [-0.05, 0) is 106 Å². The van der Waals surface area contributed by atoms with E-state index in [4.69, 9.17) is 16.3 Å². The zero-order chi connectivity index (χ0) is 34.4. The topological polar surface area (TPSA) is 143 Å². The molecule has 10 nitrogen and oxygen atoms in total. The van der Waals surface area contributed by atoms with E-state index in [-0.39, 0.29) is 35.9 Å². The fraction of sp³-hybridized carbons (Fsp3) is 0.703. The third-order valence-electron chi connectivity index (χ3n) is 11.3. The van der Waals surface area contributed by atoms with Crippen molar-refractivity contribution in [2.24, 2.45) is 17.8 Å². The van der Waals surface area contributed by atoms with Crippen LogP contribution in [0.5, 0.6) is 0 Å². The molecular weight excluding hydrogens is 664 g/mol. The molecule has 268 valence electrons. The first kappa shape index (κ1) is 36.0. The molecule has 0 radical (unpaired) electrons. The van der Waals surface area contributed by atoms with E-state index in [2.05, 4.69) is 20.7 Å². The quantitative estimate of drug-likeness (QED) is 0.138. The van der Waals surface area contributed by atoms with Crippen LogP contribution in [0.1, 0.15) is 115 Å². The van der Waals surface area contributed by atoms with Crippen molar-refractivity contribution in [1.29, 1.82) is 0 Å². The molecule has 0 aromatic heterocycles. The molecule has 4 unspecified atom stereocenters. The van der Waals surface area contributed by atoms with Crippen molar-refractivity contribution < 1.29 is 28.7 Å². The van der Waals surface area contributed by atoms with Crippen molar-refractivity contribution >= 4 is 53.1 Å². The van der Waals surface area contributed by atoms with Gasteiger partial charge in [0.1, 0.15) is 11.4 Å². The third-order valence-corrected chi connectivity index (χ3v) is 12.5. The molecule has 4 aliphatic carbocycles. The molecule has 5 aliphatic rings. The number of amides is 4. The minimum absolute atomic E-state index is 0.0147. The monoisotopic (exact) mass is 714 g/mol. The third kappa shape index (κ3) is 9.93. The Balaban J connectivity index is 1.10. The van der Waals surface area contributed by atoms with Gasteiger partial charge in [-0.2, -0.15) is 0 Å². The van der Waals surface area contributed by atoms with Crippen LogP contribution in [0.3, 0.4) is 0 Å². The molecule has 6 rings (SSSR count). The summed E-state index contributed by atoms with van der Waals surface area (Å²) in [5.74, 6) is -1.95. The van der Waals surface area contributed by atoms with Crippen molar-refractivity contribution in [3.63, 3.8) is 0 Å². The van der Waals surface area contributed by atoms with E-state index in [1.54, 1.807) is 0 Å². The first-order valence-electron chi connectivity index (χ1n) is 18.5. The molecule has 49 heavy (non-hydrogen) atoms. The fourth-order valence-corrected chi connectivity index (χ4v) is 9.59. The van der Waals surface area contributed by atoms with Gasteiger partial charge in [-0.1, -0.05) is 68.7 Å². The van der Waals surface area contributed by atoms with Crippen LogP contribution in [0, 0.1) is 17.8 Å². The van der Waals surface area contributed by atoms with E-state index in [1.165, 1.54) is 6.42 Å². The highest BCUT2D eigenvalue weighted by molar-refractivity contribution is 7.99. The first-order valence-corrected chi connectivity index (χ1v) is 19.8. The van der Waals surface area contributed by atoms with Gasteiger partial charge < -0.3 is 20.7 Å².